The first kappa shape index (κ1) is 18.9. The summed E-state index contributed by atoms with van der Waals surface area (Å²) in [5.41, 5.74) is 0.715. The van der Waals surface area contributed by atoms with E-state index in [0.717, 1.165) is 26.1 Å². The van der Waals surface area contributed by atoms with E-state index in [9.17, 15) is 0 Å². The summed E-state index contributed by atoms with van der Waals surface area (Å²) in [6.07, 6.45) is 0.888. The molecule has 0 aliphatic carbocycles. The zero-order valence-electron chi connectivity index (χ0n) is 15.4. The Bertz CT molecular complexity index is 737. The fourth-order valence-corrected chi connectivity index (χ4v) is 3.15. The Morgan fingerprint density at radius 3 is 2.92 bits per heavy atom. The highest BCUT2D eigenvalue weighted by molar-refractivity contribution is 6.32. The largest absolute Gasteiger partial charge is 0.490 e. The predicted octanol–water partition coefficient (Wildman–Crippen LogP) is 3.15. The van der Waals surface area contributed by atoms with Gasteiger partial charge in [-0.2, -0.15) is 4.98 Å². The number of ether oxygens (including phenoxy) is 2. The molecule has 2 aromatic rings. The van der Waals surface area contributed by atoms with Crippen LogP contribution in [0.4, 0.5) is 0 Å². The number of likely N-dealkylation sites (N-methyl/N-ethyl adjacent to an activating group) is 1. The highest BCUT2D eigenvalue weighted by atomic mass is 35.5. The molecule has 1 saturated heterocycles. The topological polar surface area (TPSA) is 72.7 Å². The summed E-state index contributed by atoms with van der Waals surface area (Å²) < 4.78 is 16.9. The zero-order chi connectivity index (χ0) is 18.5. The van der Waals surface area contributed by atoms with E-state index in [0.29, 0.717) is 47.0 Å². The predicted molar refractivity (Wildman–Crippen MR) is 99.9 cm³/mol. The number of hydrogen-bond acceptors (Lipinski definition) is 7. The van der Waals surface area contributed by atoms with Gasteiger partial charge in [0.25, 0.3) is 5.89 Å². The Morgan fingerprint density at radius 1 is 1.35 bits per heavy atom. The first-order valence-electron chi connectivity index (χ1n) is 8.98. The van der Waals surface area contributed by atoms with E-state index in [1.165, 1.54) is 0 Å². The van der Waals surface area contributed by atoms with Gasteiger partial charge in [-0.3, -0.25) is 4.90 Å². The first-order valence-corrected chi connectivity index (χ1v) is 9.35. The van der Waals surface area contributed by atoms with Crippen molar-refractivity contribution in [2.75, 3.05) is 39.9 Å². The molecule has 0 spiro atoms. The van der Waals surface area contributed by atoms with Gasteiger partial charge >= 0.3 is 0 Å². The van der Waals surface area contributed by atoms with Gasteiger partial charge in [0.1, 0.15) is 0 Å². The van der Waals surface area contributed by atoms with Crippen molar-refractivity contribution in [2.24, 2.45) is 0 Å². The van der Waals surface area contributed by atoms with Crippen molar-refractivity contribution in [1.82, 2.24) is 20.4 Å². The molecule has 0 amide bonds. The van der Waals surface area contributed by atoms with Gasteiger partial charge in [0, 0.05) is 25.2 Å². The van der Waals surface area contributed by atoms with Crippen LogP contribution in [-0.2, 0) is 0 Å². The number of halogens is 1. The summed E-state index contributed by atoms with van der Waals surface area (Å²) in [6, 6.07) is 3.70. The van der Waals surface area contributed by atoms with Gasteiger partial charge in [0.05, 0.1) is 24.3 Å². The van der Waals surface area contributed by atoms with Gasteiger partial charge < -0.3 is 19.3 Å². The number of nitrogens with zero attached hydrogens (tertiary/aromatic N) is 3. The van der Waals surface area contributed by atoms with Crippen molar-refractivity contribution in [3.05, 3.63) is 23.0 Å². The Balaban J connectivity index is 1.89. The van der Waals surface area contributed by atoms with Crippen molar-refractivity contribution >= 4 is 11.6 Å². The maximum Gasteiger partial charge on any atom is 0.258 e. The Kier molecular flexibility index (Phi) is 6.34. The summed E-state index contributed by atoms with van der Waals surface area (Å²) in [4.78, 5) is 6.79. The van der Waals surface area contributed by atoms with E-state index in [4.69, 9.17) is 25.6 Å². The van der Waals surface area contributed by atoms with E-state index >= 15 is 0 Å². The lowest BCUT2D eigenvalue weighted by Crippen LogP contribution is -2.44. The molecule has 1 aliphatic rings. The van der Waals surface area contributed by atoms with Gasteiger partial charge in [0.2, 0.25) is 0 Å². The third-order valence-corrected chi connectivity index (χ3v) is 4.54. The van der Waals surface area contributed by atoms with Crippen LogP contribution in [0.25, 0.3) is 11.5 Å². The van der Waals surface area contributed by atoms with E-state index in [-0.39, 0.29) is 6.04 Å². The summed E-state index contributed by atoms with van der Waals surface area (Å²) in [5.74, 6) is 2.22. The van der Waals surface area contributed by atoms with Gasteiger partial charge in [0.15, 0.2) is 17.3 Å². The Labute approximate surface area is 158 Å². The van der Waals surface area contributed by atoms with E-state index < -0.39 is 0 Å². The standard InChI is InChI=1S/C18H25ClN4O3/c1-4-8-25-16-13(19)9-12(10-15(16)24-5-2)18-21-17(22-26-18)14-11-20-6-7-23(14)3/h9-10,14,20H,4-8,11H2,1-3H3. The van der Waals surface area contributed by atoms with E-state index in [1.54, 1.807) is 6.07 Å². The van der Waals surface area contributed by atoms with Crippen molar-refractivity contribution in [2.45, 2.75) is 26.3 Å². The van der Waals surface area contributed by atoms with Crippen molar-refractivity contribution in [3.8, 4) is 23.0 Å². The molecular weight excluding hydrogens is 356 g/mol. The first-order chi connectivity index (χ1) is 12.6. The van der Waals surface area contributed by atoms with E-state index in [1.807, 2.05) is 19.9 Å². The molecular formula is C18H25ClN4O3. The third kappa shape index (κ3) is 4.11. The second-order valence-electron chi connectivity index (χ2n) is 6.23. The molecule has 0 radical (unpaired) electrons. The average molecular weight is 381 g/mol. The van der Waals surface area contributed by atoms with Crippen LogP contribution in [0, 0.1) is 0 Å². The van der Waals surface area contributed by atoms with Gasteiger partial charge in [-0.25, -0.2) is 0 Å². The molecule has 1 N–H and O–H groups in total. The van der Waals surface area contributed by atoms with Gasteiger partial charge in [-0.15, -0.1) is 0 Å². The lowest BCUT2D eigenvalue weighted by Gasteiger charge is -2.30. The number of hydrogen-bond donors (Lipinski definition) is 1. The second kappa shape index (κ2) is 8.70. The third-order valence-electron chi connectivity index (χ3n) is 4.26. The maximum absolute atomic E-state index is 6.42. The minimum atomic E-state index is 0.0928. The molecule has 3 rings (SSSR count). The maximum atomic E-state index is 6.42. The number of rotatable bonds is 7. The highest BCUT2D eigenvalue weighted by Crippen LogP contribution is 2.39. The fraction of sp³-hybridized carbons (Fsp3) is 0.556. The van der Waals surface area contributed by atoms with Crippen molar-refractivity contribution < 1.29 is 14.0 Å². The van der Waals surface area contributed by atoms with Crippen LogP contribution in [0.3, 0.4) is 0 Å². The quantitative estimate of drug-likeness (QED) is 0.790. The van der Waals surface area contributed by atoms with Crippen molar-refractivity contribution in [1.29, 1.82) is 0 Å². The minimum absolute atomic E-state index is 0.0928. The van der Waals surface area contributed by atoms with Crippen LogP contribution in [0.2, 0.25) is 5.02 Å². The van der Waals surface area contributed by atoms with Crippen LogP contribution in [0.5, 0.6) is 11.5 Å². The molecule has 0 saturated carbocycles. The normalized spacial score (nSPS) is 18.1. The highest BCUT2D eigenvalue weighted by Gasteiger charge is 2.26. The molecule has 8 heteroatoms. The zero-order valence-corrected chi connectivity index (χ0v) is 16.2. The van der Waals surface area contributed by atoms with Crippen LogP contribution < -0.4 is 14.8 Å². The smallest absolute Gasteiger partial charge is 0.258 e. The molecule has 26 heavy (non-hydrogen) atoms. The molecule has 1 atom stereocenters. The average Bonchev–Trinajstić information content (AvgIpc) is 3.11. The van der Waals surface area contributed by atoms with Crippen molar-refractivity contribution in [3.63, 3.8) is 0 Å². The summed E-state index contributed by atoms with van der Waals surface area (Å²) in [7, 11) is 2.06. The van der Waals surface area contributed by atoms with E-state index in [2.05, 4.69) is 27.4 Å². The Morgan fingerprint density at radius 2 is 2.19 bits per heavy atom. The molecule has 0 bridgehead atoms. The second-order valence-corrected chi connectivity index (χ2v) is 6.63. The lowest BCUT2D eigenvalue weighted by molar-refractivity contribution is 0.190. The molecule has 1 unspecified atom stereocenters. The van der Waals surface area contributed by atoms with Crippen LogP contribution >= 0.6 is 11.6 Å². The number of aromatic nitrogens is 2. The minimum Gasteiger partial charge on any atom is -0.490 e. The summed E-state index contributed by atoms with van der Waals surface area (Å²) in [5, 5.41) is 7.98. The molecule has 1 aromatic heterocycles. The molecule has 1 aliphatic heterocycles. The molecule has 142 valence electrons. The fourth-order valence-electron chi connectivity index (χ4n) is 2.88. The molecule has 1 aromatic carbocycles. The number of nitrogens with one attached hydrogen (secondary N) is 1. The molecule has 1 fully saturated rings. The van der Waals surface area contributed by atoms with Crippen LogP contribution in [0.1, 0.15) is 32.1 Å². The Hall–Kier alpha value is -1.83. The molecule has 2 heterocycles. The number of benzene rings is 1. The monoisotopic (exact) mass is 380 g/mol. The SMILES string of the molecule is CCCOc1c(Cl)cc(-c2nc(C3CNCCN3C)no2)cc1OCC. The van der Waals surface area contributed by atoms with Crippen LogP contribution in [-0.4, -0.2) is 54.9 Å². The van der Waals surface area contributed by atoms with Gasteiger partial charge in [-0.05, 0) is 32.5 Å². The lowest BCUT2D eigenvalue weighted by atomic mass is 10.2. The van der Waals surface area contributed by atoms with Crippen LogP contribution in [0.15, 0.2) is 16.7 Å². The van der Waals surface area contributed by atoms with Gasteiger partial charge in [-0.1, -0.05) is 23.7 Å². The summed E-state index contributed by atoms with van der Waals surface area (Å²) in [6.45, 7) is 7.74. The molecule has 7 nitrogen and oxygen atoms in total. The summed E-state index contributed by atoms with van der Waals surface area (Å²) >= 11 is 6.42. The number of piperazine rings is 1.